The molecule has 1 atom stereocenters. The fraction of sp³-hybridized carbons (Fsp3) is 0.667. The highest BCUT2D eigenvalue weighted by Gasteiger charge is 2.14. The number of nitrogens with one attached hydrogen (secondary N) is 1. The lowest BCUT2D eigenvalue weighted by atomic mass is 10.4. The summed E-state index contributed by atoms with van der Waals surface area (Å²) in [7, 11) is 1.37. The van der Waals surface area contributed by atoms with Gasteiger partial charge in [0.1, 0.15) is 17.0 Å². The number of aromatic nitrogens is 3. The summed E-state index contributed by atoms with van der Waals surface area (Å²) in [6, 6.07) is 0. The van der Waals surface area contributed by atoms with Crippen LogP contribution in [0.4, 0.5) is 0 Å². The van der Waals surface area contributed by atoms with E-state index in [0.717, 1.165) is 12.4 Å². The molecule has 0 aliphatic rings. The van der Waals surface area contributed by atoms with Gasteiger partial charge in [-0.25, -0.2) is 0 Å². The van der Waals surface area contributed by atoms with Crippen LogP contribution in [0.5, 0.6) is 0 Å². The van der Waals surface area contributed by atoms with E-state index in [1.54, 1.807) is 6.33 Å². The molecule has 7 heteroatoms. The maximum atomic E-state index is 11.1. The molecule has 6 nitrogen and oxygen atoms in total. The molecular weight excluding hydrogens is 276 g/mol. The first-order chi connectivity index (χ1) is 7.69. The summed E-state index contributed by atoms with van der Waals surface area (Å²) in [5, 5.41) is 10.9. The van der Waals surface area contributed by atoms with Gasteiger partial charge in [0, 0.05) is 13.1 Å². The molecule has 0 bridgehead atoms. The van der Waals surface area contributed by atoms with Crippen LogP contribution in [-0.2, 0) is 22.6 Å². The summed E-state index contributed by atoms with van der Waals surface area (Å²) in [6.07, 6.45) is 1.68. The van der Waals surface area contributed by atoms with Gasteiger partial charge in [-0.2, -0.15) is 0 Å². The molecule has 0 aromatic carbocycles. The standard InChI is InChI=1S/C9H15BrN4O2/c1-3-14-6-12-13-8(14)5-11-4-7(10)9(15)16-2/h6-7,11H,3-5H2,1-2H3. The van der Waals surface area contributed by atoms with Gasteiger partial charge in [0.25, 0.3) is 0 Å². The predicted octanol–water partition coefficient (Wildman–Crippen LogP) is 0.324. The largest absolute Gasteiger partial charge is 0.468 e. The van der Waals surface area contributed by atoms with Crippen molar-refractivity contribution in [2.45, 2.75) is 24.8 Å². The summed E-state index contributed by atoms with van der Waals surface area (Å²) in [5.74, 6) is 0.566. The smallest absolute Gasteiger partial charge is 0.320 e. The van der Waals surface area contributed by atoms with Gasteiger partial charge in [-0.1, -0.05) is 15.9 Å². The third-order valence-electron chi connectivity index (χ3n) is 2.10. The molecule has 0 saturated carbocycles. The lowest BCUT2D eigenvalue weighted by Crippen LogP contribution is -2.30. The number of ether oxygens (including phenoxy) is 1. The van der Waals surface area contributed by atoms with Crippen molar-refractivity contribution in [1.29, 1.82) is 0 Å². The van der Waals surface area contributed by atoms with Crippen LogP contribution in [0.25, 0.3) is 0 Å². The summed E-state index contributed by atoms with van der Waals surface area (Å²) in [5.41, 5.74) is 0. The zero-order valence-electron chi connectivity index (χ0n) is 9.31. The third-order valence-corrected chi connectivity index (χ3v) is 2.80. The number of halogens is 1. The average Bonchev–Trinajstić information content (AvgIpc) is 2.75. The van der Waals surface area contributed by atoms with Gasteiger partial charge in [-0.05, 0) is 6.92 Å². The molecule has 0 aliphatic carbocycles. The molecular formula is C9H15BrN4O2. The highest BCUT2D eigenvalue weighted by molar-refractivity contribution is 9.10. The van der Waals surface area contributed by atoms with Gasteiger partial charge < -0.3 is 14.6 Å². The first-order valence-electron chi connectivity index (χ1n) is 4.98. The second-order valence-electron chi connectivity index (χ2n) is 3.15. The van der Waals surface area contributed by atoms with Crippen LogP contribution in [0.1, 0.15) is 12.7 Å². The Bertz CT molecular complexity index is 342. The van der Waals surface area contributed by atoms with Crippen LogP contribution < -0.4 is 5.32 Å². The molecule has 0 radical (unpaired) electrons. The Hall–Kier alpha value is -0.950. The Balaban J connectivity index is 2.33. The Kier molecular flexibility index (Phi) is 5.41. The third kappa shape index (κ3) is 3.57. The van der Waals surface area contributed by atoms with Crippen molar-refractivity contribution < 1.29 is 9.53 Å². The van der Waals surface area contributed by atoms with Crippen LogP contribution in [-0.4, -0.2) is 39.2 Å². The number of esters is 1. The molecule has 1 N–H and O–H groups in total. The lowest BCUT2D eigenvalue weighted by Gasteiger charge is -2.09. The maximum Gasteiger partial charge on any atom is 0.320 e. The average molecular weight is 291 g/mol. The van der Waals surface area contributed by atoms with E-state index in [2.05, 4.69) is 36.2 Å². The first-order valence-corrected chi connectivity index (χ1v) is 5.89. The predicted molar refractivity (Wildman–Crippen MR) is 62.1 cm³/mol. The number of aryl methyl sites for hydroxylation is 1. The van der Waals surface area contributed by atoms with Crippen LogP contribution in [0, 0.1) is 0 Å². The minimum absolute atomic E-state index is 0.288. The second-order valence-corrected chi connectivity index (χ2v) is 4.26. The van der Waals surface area contributed by atoms with Gasteiger partial charge >= 0.3 is 5.97 Å². The zero-order valence-corrected chi connectivity index (χ0v) is 10.9. The van der Waals surface area contributed by atoms with Crippen molar-refractivity contribution in [2.75, 3.05) is 13.7 Å². The van der Waals surface area contributed by atoms with Gasteiger partial charge in [0.2, 0.25) is 0 Å². The van der Waals surface area contributed by atoms with E-state index in [0.29, 0.717) is 13.1 Å². The summed E-state index contributed by atoms with van der Waals surface area (Å²) < 4.78 is 6.52. The van der Waals surface area contributed by atoms with Gasteiger partial charge in [0.15, 0.2) is 0 Å². The summed E-state index contributed by atoms with van der Waals surface area (Å²) >= 11 is 3.22. The number of rotatable bonds is 6. The molecule has 1 unspecified atom stereocenters. The lowest BCUT2D eigenvalue weighted by molar-refractivity contribution is -0.139. The topological polar surface area (TPSA) is 69.0 Å². The van der Waals surface area contributed by atoms with Crippen molar-refractivity contribution in [3.63, 3.8) is 0 Å². The fourth-order valence-corrected chi connectivity index (χ4v) is 1.62. The van der Waals surface area contributed by atoms with Crippen LogP contribution in [0.2, 0.25) is 0 Å². The Morgan fingerprint density at radius 1 is 1.75 bits per heavy atom. The van der Waals surface area contributed by atoms with Gasteiger partial charge in [0.05, 0.1) is 13.7 Å². The van der Waals surface area contributed by atoms with Crippen molar-refractivity contribution in [3.05, 3.63) is 12.2 Å². The molecule has 16 heavy (non-hydrogen) atoms. The van der Waals surface area contributed by atoms with E-state index in [1.807, 2.05) is 11.5 Å². The number of carbonyl (C=O) groups is 1. The van der Waals surface area contributed by atoms with Gasteiger partial charge in [-0.15, -0.1) is 10.2 Å². The number of hydrogen-bond acceptors (Lipinski definition) is 5. The molecule has 1 rings (SSSR count). The molecule has 1 heterocycles. The molecule has 1 aromatic rings. The molecule has 1 aromatic heterocycles. The van der Waals surface area contributed by atoms with E-state index < -0.39 is 0 Å². The monoisotopic (exact) mass is 290 g/mol. The number of hydrogen-bond donors (Lipinski definition) is 1. The first kappa shape index (κ1) is 13.1. The van der Waals surface area contributed by atoms with Crippen molar-refractivity contribution in [1.82, 2.24) is 20.1 Å². The zero-order chi connectivity index (χ0) is 12.0. The quantitative estimate of drug-likeness (QED) is 0.604. The minimum atomic E-state index is -0.338. The van der Waals surface area contributed by atoms with E-state index in [-0.39, 0.29) is 10.8 Å². The van der Waals surface area contributed by atoms with E-state index in [9.17, 15) is 4.79 Å². The number of methoxy groups -OCH3 is 1. The number of alkyl halides is 1. The second kappa shape index (κ2) is 6.59. The van der Waals surface area contributed by atoms with E-state index in [1.165, 1.54) is 7.11 Å². The number of nitrogens with zero attached hydrogens (tertiary/aromatic N) is 3. The molecule has 0 saturated heterocycles. The Morgan fingerprint density at radius 3 is 3.12 bits per heavy atom. The van der Waals surface area contributed by atoms with Crippen molar-refractivity contribution in [3.8, 4) is 0 Å². The van der Waals surface area contributed by atoms with Gasteiger partial charge in [-0.3, -0.25) is 4.79 Å². The van der Waals surface area contributed by atoms with Crippen molar-refractivity contribution in [2.24, 2.45) is 0 Å². The normalized spacial score (nSPS) is 12.4. The fourth-order valence-electron chi connectivity index (χ4n) is 1.20. The maximum absolute atomic E-state index is 11.1. The highest BCUT2D eigenvalue weighted by atomic mass is 79.9. The van der Waals surface area contributed by atoms with Crippen molar-refractivity contribution >= 4 is 21.9 Å². The van der Waals surface area contributed by atoms with Crippen LogP contribution in [0.15, 0.2) is 6.33 Å². The highest BCUT2D eigenvalue weighted by Crippen LogP contribution is 2.01. The molecule has 90 valence electrons. The van der Waals surface area contributed by atoms with Crippen LogP contribution >= 0.6 is 15.9 Å². The minimum Gasteiger partial charge on any atom is -0.468 e. The molecule has 0 aliphatic heterocycles. The SMILES string of the molecule is CCn1cnnc1CNCC(Br)C(=O)OC. The molecule has 0 amide bonds. The Labute approximate surface area is 103 Å². The molecule has 0 fully saturated rings. The Morgan fingerprint density at radius 2 is 2.50 bits per heavy atom. The molecule has 0 spiro atoms. The summed E-state index contributed by atoms with van der Waals surface area (Å²) in [6.45, 7) is 3.92. The van der Waals surface area contributed by atoms with E-state index in [4.69, 9.17) is 0 Å². The van der Waals surface area contributed by atoms with E-state index >= 15 is 0 Å². The number of carbonyl (C=O) groups excluding carboxylic acids is 1. The van der Waals surface area contributed by atoms with Crippen LogP contribution in [0.3, 0.4) is 0 Å². The summed E-state index contributed by atoms with van der Waals surface area (Å²) in [4.78, 5) is 10.7.